The summed E-state index contributed by atoms with van der Waals surface area (Å²) in [5.74, 6) is 0.577. The lowest BCUT2D eigenvalue weighted by Crippen LogP contribution is -2.24. The molecule has 3 heteroatoms. The Hall–Kier alpha value is -1.35. The van der Waals surface area contributed by atoms with Gasteiger partial charge in [0.1, 0.15) is 6.61 Å². The smallest absolute Gasteiger partial charge is 0.309 e. The predicted molar refractivity (Wildman–Crippen MR) is 73.4 cm³/mol. The fourth-order valence-electron chi connectivity index (χ4n) is 2.72. The van der Waals surface area contributed by atoms with Crippen LogP contribution in [0.1, 0.15) is 37.7 Å². The van der Waals surface area contributed by atoms with Crippen LogP contribution >= 0.6 is 0 Å². The van der Waals surface area contributed by atoms with Gasteiger partial charge in [-0.1, -0.05) is 30.3 Å². The molecule has 1 fully saturated rings. The minimum absolute atomic E-state index is 0.0543. The van der Waals surface area contributed by atoms with E-state index in [-0.39, 0.29) is 18.5 Å². The van der Waals surface area contributed by atoms with Crippen LogP contribution in [0.2, 0.25) is 0 Å². The second-order valence-corrected chi connectivity index (χ2v) is 5.32. The van der Waals surface area contributed by atoms with Gasteiger partial charge in [-0.15, -0.1) is 0 Å². The zero-order chi connectivity index (χ0) is 13.5. The van der Waals surface area contributed by atoms with E-state index in [9.17, 15) is 4.79 Å². The Kier molecular flexibility index (Phi) is 5.40. The first-order valence-corrected chi connectivity index (χ1v) is 7.11. The lowest BCUT2D eigenvalue weighted by Gasteiger charge is -2.26. The molecule has 0 saturated heterocycles. The molecule has 19 heavy (non-hydrogen) atoms. The van der Waals surface area contributed by atoms with E-state index in [1.807, 2.05) is 30.3 Å². The first-order chi connectivity index (χ1) is 9.29. The van der Waals surface area contributed by atoms with Crippen molar-refractivity contribution in [1.82, 2.24) is 0 Å². The van der Waals surface area contributed by atoms with Crippen LogP contribution in [0.4, 0.5) is 0 Å². The summed E-state index contributed by atoms with van der Waals surface area (Å²) in [6.07, 6.45) is 4.74. The maximum Gasteiger partial charge on any atom is 0.309 e. The van der Waals surface area contributed by atoms with E-state index in [4.69, 9.17) is 9.84 Å². The molecule has 1 aliphatic carbocycles. The van der Waals surface area contributed by atoms with Crippen LogP contribution in [-0.2, 0) is 16.1 Å². The molecule has 1 aromatic carbocycles. The zero-order valence-electron chi connectivity index (χ0n) is 11.3. The van der Waals surface area contributed by atoms with Crippen LogP contribution < -0.4 is 0 Å². The predicted octanol–water partition coefficient (Wildman–Crippen LogP) is 2.92. The van der Waals surface area contributed by atoms with Crippen LogP contribution in [-0.4, -0.2) is 17.7 Å². The molecule has 0 heterocycles. The summed E-state index contributed by atoms with van der Waals surface area (Å²) in [4.78, 5) is 12.0. The Morgan fingerprint density at radius 3 is 2.47 bits per heavy atom. The van der Waals surface area contributed by atoms with Gasteiger partial charge in [0.25, 0.3) is 0 Å². The fourth-order valence-corrected chi connectivity index (χ4v) is 2.72. The molecule has 3 nitrogen and oxygen atoms in total. The van der Waals surface area contributed by atoms with Gasteiger partial charge in [-0.3, -0.25) is 4.79 Å². The van der Waals surface area contributed by atoms with Crippen LogP contribution in [0.25, 0.3) is 0 Å². The molecule has 104 valence electrons. The van der Waals surface area contributed by atoms with Gasteiger partial charge in [0.05, 0.1) is 5.92 Å². The molecule has 1 saturated carbocycles. The van der Waals surface area contributed by atoms with Crippen molar-refractivity contribution in [2.45, 2.75) is 38.7 Å². The molecule has 0 amide bonds. The van der Waals surface area contributed by atoms with Crippen molar-refractivity contribution in [1.29, 1.82) is 0 Å². The first-order valence-electron chi connectivity index (χ1n) is 7.11. The molecular formula is C16H22O3. The summed E-state index contributed by atoms with van der Waals surface area (Å²) >= 11 is 0. The summed E-state index contributed by atoms with van der Waals surface area (Å²) in [6.45, 7) is 0.629. The third-order valence-corrected chi connectivity index (χ3v) is 3.94. The van der Waals surface area contributed by atoms with Gasteiger partial charge in [-0.25, -0.2) is 0 Å². The molecule has 0 unspecified atom stereocenters. The fraction of sp³-hybridized carbons (Fsp3) is 0.562. The average Bonchev–Trinajstić information content (AvgIpc) is 2.47. The monoisotopic (exact) mass is 262 g/mol. The Labute approximate surface area is 114 Å². The van der Waals surface area contributed by atoms with Crippen molar-refractivity contribution in [2.24, 2.45) is 11.8 Å². The number of carbonyl (C=O) groups is 1. The Balaban J connectivity index is 1.73. The van der Waals surface area contributed by atoms with E-state index in [1.165, 1.54) is 0 Å². The van der Waals surface area contributed by atoms with Crippen molar-refractivity contribution < 1.29 is 14.6 Å². The number of ether oxygens (including phenoxy) is 1. The molecular weight excluding hydrogens is 240 g/mol. The maximum atomic E-state index is 12.0. The van der Waals surface area contributed by atoms with Crippen LogP contribution in [0, 0.1) is 11.8 Å². The van der Waals surface area contributed by atoms with Crippen molar-refractivity contribution in [2.75, 3.05) is 6.61 Å². The maximum absolute atomic E-state index is 12.0. The normalized spacial score (nSPS) is 23.0. The highest BCUT2D eigenvalue weighted by Crippen LogP contribution is 2.31. The third-order valence-electron chi connectivity index (χ3n) is 3.94. The van der Waals surface area contributed by atoms with Gasteiger partial charge in [-0.05, 0) is 43.6 Å². The average molecular weight is 262 g/mol. The molecule has 0 aromatic heterocycles. The Bertz CT molecular complexity index is 380. The number of esters is 1. The molecule has 1 aromatic rings. The summed E-state index contributed by atoms with van der Waals surface area (Å²) in [5.41, 5.74) is 1.03. The van der Waals surface area contributed by atoms with Crippen molar-refractivity contribution in [3.05, 3.63) is 35.9 Å². The molecule has 0 aliphatic heterocycles. The number of rotatable bonds is 5. The second-order valence-electron chi connectivity index (χ2n) is 5.32. The molecule has 1 aliphatic rings. The van der Waals surface area contributed by atoms with E-state index in [1.54, 1.807) is 0 Å². The van der Waals surface area contributed by atoms with Crippen LogP contribution in [0.15, 0.2) is 30.3 Å². The van der Waals surface area contributed by atoms with Gasteiger partial charge in [-0.2, -0.15) is 0 Å². The minimum atomic E-state index is -0.0636. The molecule has 1 N–H and O–H groups in total. The SMILES string of the molecule is O=C(OCc1ccccc1)C1CCC(CCO)CC1. The number of benzene rings is 1. The Morgan fingerprint density at radius 1 is 1.16 bits per heavy atom. The summed E-state index contributed by atoms with van der Waals surface area (Å²) in [6, 6.07) is 9.77. The van der Waals surface area contributed by atoms with E-state index in [2.05, 4.69) is 0 Å². The van der Waals surface area contributed by atoms with E-state index in [0.29, 0.717) is 12.5 Å². The van der Waals surface area contributed by atoms with Crippen molar-refractivity contribution in [3.63, 3.8) is 0 Å². The molecule has 2 rings (SSSR count). The second kappa shape index (κ2) is 7.29. The summed E-state index contributed by atoms with van der Waals surface area (Å²) in [7, 11) is 0. The number of hydrogen-bond donors (Lipinski definition) is 1. The molecule has 0 atom stereocenters. The van der Waals surface area contributed by atoms with E-state index >= 15 is 0 Å². The van der Waals surface area contributed by atoms with Crippen molar-refractivity contribution >= 4 is 5.97 Å². The highest BCUT2D eigenvalue weighted by Gasteiger charge is 2.26. The lowest BCUT2D eigenvalue weighted by atomic mass is 9.81. The Morgan fingerprint density at radius 2 is 1.84 bits per heavy atom. The summed E-state index contributed by atoms with van der Waals surface area (Å²) < 4.78 is 5.37. The zero-order valence-corrected chi connectivity index (χ0v) is 11.3. The first kappa shape index (κ1) is 14.1. The van der Waals surface area contributed by atoms with E-state index < -0.39 is 0 Å². The topological polar surface area (TPSA) is 46.5 Å². The standard InChI is InChI=1S/C16H22O3/c17-11-10-13-6-8-15(9-7-13)16(18)19-12-14-4-2-1-3-5-14/h1-5,13,15,17H,6-12H2. The molecule has 0 bridgehead atoms. The van der Waals surface area contributed by atoms with Crippen molar-refractivity contribution in [3.8, 4) is 0 Å². The molecule has 0 radical (unpaired) electrons. The van der Waals surface area contributed by atoms with Gasteiger partial charge < -0.3 is 9.84 Å². The number of carbonyl (C=O) groups excluding carboxylic acids is 1. The lowest BCUT2D eigenvalue weighted by molar-refractivity contribution is -0.151. The van der Waals surface area contributed by atoms with Crippen LogP contribution in [0.5, 0.6) is 0 Å². The number of aliphatic hydroxyl groups excluding tert-OH is 1. The minimum Gasteiger partial charge on any atom is -0.461 e. The van der Waals surface area contributed by atoms with Gasteiger partial charge in [0.2, 0.25) is 0 Å². The van der Waals surface area contributed by atoms with Gasteiger partial charge >= 0.3 is 5.97 Å². The van der Waals surface area contributed by atoms with Crippen LogP contribution in [0.3, 0.4) is 0 Å². The quantitative estimate of drug-likeness (QED) is 0.830. The highest BCUT2D eigenvalue weighted by molar-refractivity contribution is 5.72. The van der Waals surface area contributed by atoms with E-state index in [0.717, 1.165) is 37.7 Å². The van der Waals surface area contributed by atoms with Gasteiger partial charge in [0.15, 0.2) is 0 Å². The highest BCUT2D eigenvalue weighted by atomic mass is 16.5. The number of aliphatic hydroxyl groups is 1. The number of hydrogen-bond acceptors (Lipinski definition) is 3. The molecule has 0 spiro atoms. The largest absolute Gasteiger partial charge is 0.461 e. The third kappa shape index (κ3) is 4.35. The van der Waals surface area contributed by atoms with Gasteiger partial charge in [0, 0.05) is 6.61 Å². The summed E-state index contributed by atoms with van der Waals surface area (Å²) in [5, 5.41) is 8.91.